The van der Waals surface area contributed by atoms with E-state index >= 15 is 0 Å². The Balaban J connectivity index is 2.69. The molecule has 0 saturated carbocycles. The van der Waals surface area contributed by atoms with Crippen LogP contribution in [0.15, 0.2) is 21.6 Å². The largest absolute Gasteiger partial charge is 0.447 e. The molecule has 0 spiro atoms. The van der Waals surface area contributed by atoms with Crippen LogP contribution in [0.25, 0.3) is 0 Å². The third kappa shape index (κ3) is 5.18. The van der Waals surface area contributed by atoms with E-state index in [0.717, 1.165) is 6.54 Å². The van der Waals surface area contributed by atoms with Gasteiger partial charge in [-0.25, -0.2) is 13.1 Å². The SMILES string of the molecule is CCNCc1ccc(S(=O)(=O)NCC(C)(C)SC)o1. The van der Waals surface area contributed by atoms with Crippen molar-refractivity contribution in [2.45, 2.75) is 37.2 Å². The smallest absolute Gasteiger partial charge is 0.274 e. The standard InChI is InChI=1S/C12H22N2O3S2/c1-5-13-8-10-6-7-11(17-10)19(15,16)14-9-12(2,3)18-4/h6-7,13-14H,5,8-9H2,1-4H3. The van der Waals surface area contributed by atoms with Gasteiger partial charge in [-0.05, 0) is 38.8 Å². The highest BCUT2D eigenvalue weighted by atomic mass is 32.2. The summed E-state index contributed by atoms with van der Waals surface area (Å²) in [6.45, 7) is 7.65. The summed E-state index contributed by atoms with van der Waals surface area (Å²) in [5.74, 6) is 0.617. The molecule has 1 rings (SSSR count). The second-order valence-electron chi connectivity index (χ2n) is 4.79. The van der Waals surface area contributed by atoms with Crippen LogP contribution >= 0.6 is 11.8 Å². The molecular weight excluding hydrogens is 284 g/mol. The summed E-state index contributed by atoms with van der Waals surface area (Å²) in [4.78, 5) is 0. The second-order valence-corrected chi connectivity index (χ2v) is 8.00. The van der Waals surface area contributed by atoms with Crippen LogP contribution in [0.5, 0.6) is 0 Å². The molecule has 0 unspecified atom stereocenters. The first-order valence-corrected chi connectivity index (χ1v) is 8.86. The van der Waals surface area contributed by atoms with E-state index in [1.807, 2.05) is 27.0 Å². The molecular formula is C12H22N2O3S2. The molecule has 0 fully saturated rings. The van der Waals surface area contributed by atoms with Crippen molar-refractivity contribution in [1.29, 1.82) is 0 Å². The molecule has 1 aromatic heterocycles. The molecule has 0 bridgehead atoms. The maximum Gasteiger partial charge on any atom is 0.274 e. The number of thioether (sulfide) groups is 1. The Kier molecular flexibility index (Phi) is 5.91. The Morgan fingerprint density at radius 3 is 2.63 bits per heavy atom. The maximum atomic E-state index is 12.0. The van der Waals surface area contributed by atoms with Gasteiger partial charge in [0.15, 0.2) is 0 Å². The Labute approximate surface area is 119 Å². The minimum atomic E-state index is -3.57. The van der Waals surface area contributed by atoms with Crippen molar-refractivity contribution in [3.8, 4) is 0 Å². The van der Waals surface area contributed by atoms with Gasteiger partial charge >= 0.3 is 0 Å². The van der Waals surface area contributed by atoms with Crippen LogP contribution in [0.4, 0.5) is 0 Å². The van der Waals surface area contributed by atoms with Crippen molar-refractivity contribution in [3.05, 3.63) is 17.9 Å². The van der Waals surface area contributed by atoms with Crippen LogP contribution in [0.2, 0.25) is 0 Å². The average molecular weight is 306 g/mol. The average Bonchev–Trinajstić information content (AvgIpc) is 2.84. The molecule has 1 heterocycles. The van der Waals surface area contributed by atoms with Gasteiger partial charge < -0.3 is 9.73 Å². The van der Waals surface area contributed by atoms with Gasteiger partial charge in [-0.1, -0.05) is 6.92 Å². The Bertz CT molecular complexity index is 495. The zero-order valence-electron chi connectivity index (χ0n) is 11.8. The lowest BCUT2D eigenvalue weighted by Crippen LogP contribution is -2.35. The van der Waals surface area contributed by atoms with Gasteiger partial charge in [-0.2, -0.15) is 11.8 Å². The van der Waals surface area contributed by atoms with E-state index in [2.05, 4.69) is 10.0 Å². The van der Waals surface area contributed by atoms with E-state index < -0.39 is 10.0 Å². The fourth-order valence-electron chi connectivity index (χ4n) is 1.26. The molecule has 0 radical (unpaired) electrons. The first kappa shape index (κ1) is 16.6. The summed E-state index contributed by atoms with van der Waals surface area (Å²) in [6.07, 6.45) is 1.95. The highest BCUT2D eigenvalue weighted by Crippen LogP contribution is 2.21. The molecule has 0 amide bonds. The number of furan rings is 1. The van der Waals surface area contributed by atoms with Crippen LogP contribution in [0.1, 0.15) is 26.5 Å². The zero-order chi connectivity index (χ0) is 14.5. The van der Waals surface area contributed by atoms with Crippen molar-refractivity contribution < 1.29 is 12.8 Å². The van der Waals surface area contributed by atoms with Gasteiger partial charge in [0.05, 0.1) is 6.54 Å². The van der Waals surface area contributed by atoms with E-state index in [1.54, 1.807) is 17.8 Å². The fraction of sp³-hybridized carbons (Fsp3) is 0.667. The lowest BCUT2D eigenvalue weighted by atomic mass is 10.2. The highest BCUT2D eigenvalue weighted by molar-refractivity contribution is 8.00. The molecule has 0 aliphatic carbocycles. The van der Waals surface area contributed by atoms with Gasteiger partial charge in [-0.15, -0.1) is 0 Å². The highest BCUT2D eigenvalue weighted by Gasteiger charge is 2.23. The Morgan fingerprint density at radius 1 is 1.37 bits per heavy atom. The van der Waals surface area contributed by atoms with E-state index in [-0.39, 0.29) is 9.84 Å². The predicted octanol–water partition coefficient (Wildman–Crippen LogP) is 1.81. The topological polar surface area (TPSA) is 71.3 Å². The first-order chi connectivity index (χ1) is 8.80. The van der Waals surface area contributed by atoms with Gasteiger partial charge in [0.1, 0.15) is 5.76 Å². The van der Waals surface area contributed by atoms with Crippen LogP contribution in [-0.2, 0) is 16.6 Å². The predicted molar refractivity (Wildman–Crippen MR) is 78.9 cm³/mol. The summed E-state index contributed by atoms with van der Waals surface area (Å²) in [6, 6.07) is 3.16. The van der Waals surface area contributed by atoms with Crippen molar-refractivity contribution in [2.75, 3.05) is 19.3 Å². The van der Waals surface area contributed by atoms with Crippen LogP contribution < -0.4 is 10.0 Å². The molecule has 0 saturated heterocycles. The van der Waals surface area contributed by atoms with Gasteiger partial charge in [0.2, 0.25) is 5.09 Å². The number of nitrogens with one attached hydrogen (secondary N) is 2. The summed E-state index contributed by atoms with van der Waals surface area (Å²) < 4.78 is 31.9. The van der Waals surface area contributed by atoms with E-state index in [1.165, 1.54) is 6.07 Å². The number of rotatable bonds is 8. The lowest BCUT2D eigenvalue weighted by molar-refractivity contribution is 0.401. The molecule has 5 nitrogen and oxygen atoms in total. The molecule has 110 valence electrons. The maximum absolute atomic E-state index is 12.0. The third-order valence-electron chi connectivity index (χ3n) is 2.69. The van der Waals surface area contributed by atoms with Crippen LogP contribution in [0, 0.1) is 0 Å². The van der Waals surface area contributed by atoms with Gasteiger partial charge in [0.25, 0.3) is 10.0 Å². The molecule has 0 aromatic carbocycles. The van der Waals surface area contributed by atoms with Crippen LogP contribution in [0.3, 0.4) is 0 Å². The van der Waals surface area contributed by atoms with Crippen molar-refractivity contribution in [3.63, 3.8) is 0 Å². The quantitative estimate of drug-likeness (QED) is 0.766. The van der Waals surface area contributed by atoms with E-state index in [4.69, 9.17) is 4.42 Å². The Morgan fingerprint density at radius 2 is 2.05 bits per heavy atom. The second kappa shape index (κ2) is 6.78. The Hall–Kier alpha value is -0.500. The lowest BCUT2D eigenvalue weighted by Gasteiger charge is -2.21. The van der Waals surface area contributed by atoms with E-state index in [9.17, 15) is 8.42 Å². The summed E-state index contributed by atoms with van der Waals surface area (Å²) in [7, 11) is -3.57. The van der Waals surface area contributed by atoms with Gasteiger partial charge in [0, 0.05) is 11.3 Å². The van der Waals surface area contributed by atoms with Crippen molar-refractivity contribution >= 4 is 21.8 Å². The van der Waals surface area contributed by atoms with Crippen LogP contribution in [-0.4, -0.2) is 32.5 Å². The molecule has 0 atom stereocenters. The first-order valence-electron chi connectivity index (χ1n) is 6.15. The molecule has 7 heteroatoms. The monoisotopic (exact) mass is 306 g/mol. The van der Waals surface area contributed by atoms with Gasteiger partial charge in [-0.3, -0.25) is 0 Å². The summed E-state index contributed by atoms with van der Waals surface area (Å²) >= 11 is 1.61. The molecule has 0 aliphatic heterocycles. The minimum absolute atomic E-state index is 0.0303. The summed E-state index contributed by atoms with van der Waals surface area (Å²) in [5, 5.41) is 3.05. The molecule has 0 aliphatic rings. The number of hydrogen-bond donors (Lipinski definition) is 2. The van der Waals surface area contributed by atoms with E-state index in [0.29, 0.717) is 18.8 Å². The minimum Gasteiger partial charge on any atom is -0.447 e. The van der Waals surface area contributed by atoms with Crippen molar-refractivity contribution in [1.82, 2.24) is 10.0 Å². The fourth-order valence-corrected chi connectivity index (χ4v) is 2.72. The molecule has 1 aromatic rings. The third-order valence-corrected chi connectivity index (χ3v) is 5.21. The number of hydrogen-bond acceptors (Lipinski definition) is 5. The van der Waals surface area contributed by atoms with Crippen molar-refractivity contribution in [2.24, 2.45) is 0 Å². The molecule has 2 N–H and O–H groups in total. The number of sulfonamides is 1. The normalized spacial score (nSPS) is 12.8. The zero-order valence-corrected chi connectivity index (χ0v) is 13.5. The summed E-state index contributed by atoms with van der Waals surface area (Å²) in [5.41, 5.74) is 0. The molecule has 19 heavy (non-hydrogen) atoms.